The highest BCUT2D eigenvalue weighted by Crippen LogP contribution is 2.40. The highest BCUT2D eigenvalue weighted by Gasteiger charge is 2.57. The largest absolute Gasteiger partial charge is 0.459 e. The Morgan fingerprint density at radius 2 is 2.08 bits per heavy atom. The quantitative estimate of drug-likeness (QED) is 0.342. The molecular formula is C18H22ClIO6. The molecular weight excluding hydrogens is 475 g/mol. The number of carbonyl (C=O) groups excluding carboxylic acids is 1. The molecule has 3 rings (SSSR count). The van der Waals surface area contributed by atoms with Crippen molar-refractivity contribution in [2.75, 3.05) is 5.88 Å². The van der Waals surface area contributed by atoms with Crippen LogP contribution in [0.5, 0.6) is 0 Å². The molecule has 2 aliphatic heterocycles. The first-order valence-corrected chi connectivity index (χ1v) is 10.0. The van der Waals surface area contributed by atoms with Gasteiger partial charge in [-0.05, 0) is 55.0 Å². The van der Waals surface area contributed by atoms with Crippen LogP contribution in [0, 0.1) is 3.57 Å². The van der Waals surface area contributed by atoms with Crippen LogP contribution >= 0.6 is 34.2 Å². The number of alkyl halides is 1. The molecule has 0 radical (unpaired) electrons. The summed E-state index contributed by atoms with van der Waals surface area (Å²) in [7, 11) is 0. The number of esters is 1. The number of benzene rings is 1. The average molecular weight is 497 g/mol. The maximum Gasteiger partial charge on any atom is 0.321 e. The van der Waals surface area contributed by atoms with Gasteiger partial charge in [0.1, 0.15) is 30.3 Å². The average Bonchev–Trinajstić information content (AvgIpc) is 3.06. The molecule has 2 saturated heterocycles. The minimum Gasteiger partial charge on any atom is -0.459 e. The second-order valence-electron chi connectivity index (χ2n) is 6.76. The molecule has 0 amide bonds. The lowest BCUT2D eigenvalue weighted by Gasteiger charge is -2.29. The van der Waals surface area contributed by atoms with Gasteiger partial charge in [-0.15, -0.1) is 11.6 Å². The first-order chi connectivity index (χ1) is 12.3. The van der Waals surface area contributed by atoms with Crippen molar-refractivity contribution >= 4 is 40.2 Å². The molecule has 2 aliphatic rings. The summed E-state index contributed by atoms with van der Waals surface area (Å²) in [6.45, 7) is 5.81. The number of carbonyl (C=O) groups is 1. The van der Waals surface area contributed by atoms with Crippen LogP contribution in [-0.2, 0) is 35.1 Å². The Morgan fingerprint density at radius 1 is 1.35 bits per heavy atom. The minimum atomic E-state index is -0.751. The van der Waals surface area contributed by atoms with E-state index < -0.39 is 42.5 Å². The molecule has 8 heteroatoms. The zero-order valence-electron chi connectivity index (χ0n) is 14.8. The molecule has 2 fully saturated rings. The Labute approximate surface area is 171 Å². The summed E-state index contributed by atoms with van der Waals surface area (Å²) in [4.78, 5) is 11.5. The van der Waals surface area contributed by atoms with Gasteiger partial charge in [0.2, 0.25) is 0 Å². The lowest BCUT2D eigenvalue weighted by atomic mass is 10.1. The molecule has 1 aromatic carbocycles. The van der Waals surface area contributed by atoms with E-state index >= 15 is 0 Å². The molecule has 0 saturated carbocycles. The van der Waals surface area contributed by atoms with E-state index in [-0.39, 0.29) is 5.88 Å². The van der Waals surface area contributed by atoms with E-state index in [2.05, 4.69) is 22.6 Å². The van der Waals surface area contributed by atoms with Gasteiger partial charge in [0.05, 0.1) is 6.61 Å². The van der Waals surface area contributed by atoms with Crippen molar-refractivity contribution < 1.29 is 28.5 Å². The van der Waals surface area contributed by atoms with Crippen LogP contribution < -0.4 is 0 Å². The smallest absolute Gasteiger partial charge is 0.321 e. The molecule has 0 aromatic heterocycles. The van der Waals surface area contributed by atoms with Crippen molar-refractivity contribution in [3.05, 3.63) is 33.4 Å². The summed E-state index contributed by atoms with van der Waals surface area (Å²) in [6, 6.07) is 7.98. The molecule has 144 valence electrons. The van der Waals surface area contributed by atoms with Crippen LogP contribution in [0.3, 0.4) is 0 Å². The fraction of sp³-hybridized carbons (Fsp3) is 0.611. The Kier molecular flexibility index (Phi) is 6.46. The van der Waals surface area contributed by atoms with Gasteiger partial charge in [-0.2, -0.15) is 0 Å². The van der Waals surface area contributed by atoms with Crippen molar-refractivity contribution in [1.82, 2.24) is 0 Å². The number of halogens is 2. The summed E-state index contributed by atoms with van der Waals surface area (Å²) in [5.74, 6) is -1.46. The number of rotatable bonds is 6. The van der Waals surface area contributed by atoms with Gasteiger partial charge in [0, 0.05) is 3.57 Å². The number of ether oxygens (including phenoxy) is 5. The van der Waals surface area contributed by atoms with Crippen molar-refractivity contribution in [3.63, 3.8) is 0 Å². The summed E-state index contributed by atoms with van der Waals surface area (Å²) in [6.07, 6.45) is -2.44. The first-order valence-electron chi connectivity index (χ1n) is 8.42. The van der Waals surface area contributed by atoms with Gasteiger partial charge in [-0.3, -0.25) is 4.79 Å². The second-order valence-corrected chi connectivity index (χ2v) is 8.19. The highest BCUT2D eigenvalue weighted by molar-refractivity contribution is 14.1. The monoisotopic (exact) mass is 496 g/mol. The van der Waals surface area contributed by atoms with Crippen molar-refractivity contribution in [1.29, 1.82) is 0 Å². The third-order valence-electron chi connectivity index (χ3n) is 4.31. The second kappa shape index (κ2) is 8.28. The molecule has 0 bridgehead atoms. The minimum absolute atomic E-state index is 0.211. The Hall–Kier alpha value is -0.450. The Balaban J connectivity index is 1.74. The van der Waals surface area contributed by atoms with Gasteiger partial charge in [-0.25, -0.2) is 0 Å². The topological polar surface area (TPSA) is 63.2 Å². The first kappa shape index (κ1) is 20.3. The van der Waals surface area contributed by atoms with E-state index in [1.165, 1.54) is 0 Å². The van der Waals surface area contributed by atoms with Crippen molar-refractivity contribution in [3.8, 4) is 0 Å². The lowest BCUT2D eigenvalue weighted by Crippen LogP contribution is -2.43. The molecule has 6 nitrogen and oxygen atoms in total. The maximum atomic E-state index is 11.5. The van der Waals surface area contributed by atoms with Crippen LogP contribution in [-0.4, -0.2) is 48.3 Å². The van der Waals surface area contributed by atoms with Crippen LogP contribution in [0.2, 0.25) is 0 Å². The van der Waals surface area contributed by atoms with Crippen molar-refractivity contribution in [2.24, 2.45) is 0 Å². The Bertz CT molecular complexity index is 654. The molecule has 26 heavy (non-hydrogen) atoms. The predicted molar refractivity (Wildman–Crippen MR) is 103 cm³/mol. The van der Waals surface area contributed by atoms with E-state index in [1.807, 2.05) is 38.1 Å². The van der Waals surface area contributed by atoms with Gasteiger partial charge in [-0.1, -0.05) is 18.2 Å². The lowest BCUT2D eigenvalue weighted by molar-refractivity contribution is -0.231. The fourth-order valence-electron chi connectivity index (χ4n) is 3.18. The van der Waals surface area contributed by atoms with Crippen molar-refractivity contribution in [2.45, 2.75) is 63.9 Å². The number of hydrogen-bond donors (Lipinski definition) is 0. The number of hydrogen-bond acceptors (Lipinski definition) is 6. The third kappa shape index (κ3) is 4.51. The highest BCUT2D eigenvalue weighted by atomic mass is 127. The van der Waals surface area contributed by atoms with Gasteiger partial charge < -0.3 is 23.7 Å². The molecule has 5 atom stereocenters. The van der Waals surface area contributed by atoms with E-state index in [0.29, 0.717) is 6.61 Å². The summed E-state index contributed by atoms with van der Waals surface area (Å²) in [5.41, 5.74) is 1.07. The van der Waals surface area contributed by atoms with E-state index in [9.17, 15) is 4.79 Å². The fourth-order valence-corrected chi connectivity index (χ4v) is 3.79. The van der Waals surface area contributed by atoms with Crippen LogP contribution in [0.15, 0.2) is 24.3 Å². The van der Waals surface area contributed by atoms with Gasteiger partial charge in [0.15, 0.2) is 12.1 Å². The predicted octanol–water partition coefficient (Wildman–Crippen LogP) is 3.22. The van der Waals surface area contributed by atoms with E-state index in [0.717, 1.165) is 9.13 Å². The van der Waals surface area contributed by atoms with E-state index in [1.54, 1.807) is 6.92 Å². The Morgan fingerprint density at radius 3 is 2.77 bits per heavy atom. The van der Waals surface area contributed by atoms with E-state index in [4.69, 9.17) is 35.3 Å². The SMILES string of the molecule is C[C@@H](OC(=O)CCl)[C@H]1O[C@@H]2OC(C)(C)O[C@@H]2[C@H]1OCc1ccccc1I. The summed E-state index contributed by atoms with van der Waals surface area (Å²) in [5, 5.41) is 0. The normalized spacial score (nSPS) is 30.8. The molecule has 0 aliphatic carbocycles. The standard InChI is InChI=1S/C18H22ClIO6/c1-10(23-13(21)8-19)14-15(16-17(24-14)26-18(2,3)25-16)22-9-11-6-4-5-7-12(11)20/h4-7,10,14-17H,8-9H2,1-3H3/t10-,14-,15+,16-,17-/m1/s1. The molecule has 2 heterocycles. The zero-order valence-corrected chi connectivity index (χ0v) is 17.7. The van der Waals surface area contributed by atoms with Gasteiger partial charge >= 0.3 is 5.97 Å². The van der Waals surface area contributed by atoms with Crippen LogP contribution in [0.1, 0.15) is 26.3 Å². The number of fused-ring (bicyclic) bond motifs is 1. The van der Waals surface area contributed by atoms with Crippen LogP contribution in [0.25, 0.3) is 0 Å². The molecule has 1 aromatic rings. The van der Waals surface area contributed by atoms with Gasteiger partial charge in [0.25, 0.3) is 0 Å². The molecule has 0 N–H and O–H groups in total. The summed E-state index contributed by atoms with van der Waals surface area (Å²) < 4.78 is 30.3. The molecule has 0 unspecified atom stereocenters. The maximum absolute atomic E-state index is 11.5. The summed E-state index contributed by atoms with van der Waals surface area (Å²) >= 11 is 7.81. The molecule has 0 spiro atoms. The zero-order chi connectivity index (χ0) is 18.9. The third-order valence-corrected chi connectivity index (χ3v) is 5.58. The van der Waals surface area contributed by atoms with Crippen LogP contribution in [0.4, 0.5) is 0 Å².